The lowest BCUT2D eigenvalue weighted by atomic mass is 10.0. The fourth-order valence-electron chi connectivity index (χ4n) is 4.27. The van der Waals surface area contributed by atoms with Gasteiger partial charge in [-0.05, 0) is 6.07 Å². The zero-order valence-corrected chi connectivity index (χ0v) is 16.2. The first kappa shape index (κ1) is 15.9. The van der Waals surface area contributed by atoms with Gasteiger partial charge in [-0.15, -0.1) is 0 Å². The molecule has 0 radical (unpaired) electrons. The van der Waals surface area contributed by atoms with E-state index in [0.29, 0.717) is 5.92 Å². The minimum Gasteiger partial charge on any atom is -0.343 e. The smallest absolute Gasteiger partial charge is 0.175 e. The van der Waals surface area contributed by atoms with Crippen molar-refractivity contribution in [1.29, 1.82) is 0 Å². The molecule has 4 aromatic heterocycles. The molecule has 6 rings (SSSR count). The van der Waals surface area contributed by atoms with E-state index >= 15 is 0 Å². The van der Waals surface area contributed by atoms with Gasteiger partial charge in [0.25, 0.3) is 0 Å². The molecule has 0 saturated carbocycles. The molecule has 1 unspecified atom stereocenters. The van der Waals surface area contributed by atoms with Crippen LogP contribution in [-0.4, -0.2) is 39.3 Å². The molecule has 8 heteroatoms. The predicted octanol–water partition coefficient (Wildman–Crippen LogP) is 2.78. The molecular weight excluding hydrogens is 352 g/mol. The molecular formula is C20H22N8. The predicted molar refractivity (Wildman–Crippen MR) is 103 cm³/mol. The van der Waals surface area contributed by atoms with Crippen LogP contribution in [0.2, 0.25) is 0 Å². The number of nitrogens with zero attached hydrogens (tertiary/aromatic N) is 6. The monoisotopic (exact) mass is 374 g/mol. The highest BCUT2D eigenvalue weighted by Gasteiger charge is 2.27. The zero-order valence-electron chi connectivity index (χ0n) is 16.2. The largest absolute Gasteiger partial charge is 0.343 e. The number of H-pyrrole nitrogens is 2. The molecule has 142 valence electrons. The Kier molecular flexibility index (Phi) is 3.08. The Balaban J connectivity index is 1.25. The number of aromatic nitrogens is 8. The quantitative estimate of drug-likeness (QED) is 0.496. The fourth-order valence-corrected chi connectivity index (χ4v) is 4.27. The molecule has 8 nitrogen and oxygen atoms in total. The summed E-state index contributed by atoms with van der Waals surface area (Å²) in [6, 6.07) is 2.20. The van der Waals surface area contributed by atoms with Gasteiger partial charge in [-0.1, -0.05) is 20.8 Å². The van der Waals surface area contributed by atoms with Gasteiger partial charge in [0.15, 0.2) is 11.6 Å². The van der Waals surface area contributed by atoms with Crippen molar-refractivity contribution in [3.63, 3.8) is 0 Å². The number of imidazole rings is 3. The summed E-state index contributed by atoms with van der Waals surface area (Å²) in [7, 11) is 0. The Bertz CT molecular complexity index is 1200. The summed E-state index contributed by atoms with van der Waals surface area (Å²) in [5.74, 6) is 4.65. The lowest BCUT2D eigenvalue weighted by Gasteiger charge is -2.06. The molecule has 0 saturated heterocycles. The van der Waals surface area contributed by atoms with Crippen molar-refractivity contribution < 1.29 is 0 Å². The molecule has 0 spiro atoms. The number of hydrogen-bond donors (Lipinski definition) is 2. The summed E-state index contributed by atoms with van der Waals surface area (Å²) < 4.78 is 4.07. The van der Waals surface area contributed by atoms with Gasteiger partial charge in [-0.3, -0.25) is 4.57 Å². The van der Waals surface area contributed by atoms with Crippen molar-refractivity contribution in [3.8, 4) is 11.6 Å². The average molecular weight is 374 g/mol. The van der Waals surface area contributed by atoms with E-state index in [2.05, 4.69) is 46.4 Å². The van der Waals surface area contributed by atoms with E-state index in [1.54, 1.807) is 0 Å². The van der Waals surface area contributed by atoms with E-state index in [9.17, 15) is 0 Å². The van der Waals surface area contributed by atoms with Gasteiger partial charge in [0.05, 0.1) is 28.5 Å². The molecule has 0 amide bonds. The van der Waals surface area contributed by atoms with Crippen molar-refractivity contribution in [2.24, 2.45) is 0 Å². The highest BCUT2D eigenvalue weighted by Crippen LogP contribution is 2.31. The molecule has 2 aliphatic heterocycles. The summed E-state index contributed by atoms with van der Waals surface area (Å²) in [4.78, 5) is 20.8. The third-order valence-electron chi connectivity index (χ3n) is 5.77. The van der Waals surface area contributed by atoms with E-state index in [4.69, 9.17) is 15.1 Å². The Morgan fingerprint density at radius 2 is 1.75 bits per heavy atom. The third kappa shape index (κ3) is 2.17. The van der Waals surface area contributed by atoms with Gasteiger partial charge in [-0.2, -0.15) is 5.10 Å². The van der Waals surface area contributed by atoms with E-state index in [-0.39, 0.29) is 5.92 Å². The third-order valence-corrected chi connectivity index (χ3v) is 5.77. The van der Waals surface area contributed by atoms with Crippen molar-refractivity contribution >= 4 is 0 Å². The molecule has 28 heavy (non-hydrogen) atoms. The minimum absolute atomic E-state index is 0.262. The molecule has 0 fully saturated rings. The van der Waals surface area contributed by atoms with Gasteiger partial charge >= 0.3 is 0 Å². The molecule has 6 heterocycles. The summed E-state index contributed by atoms with van der Waals surface area (Å²) in [6.45, 7) is 6.50. The van der Waals surface area contributed by atoms with E-state index in [0.717, 1.165) is 48.2 Å². The van der Waals surface area contributed by atoms with Gasteiger partial charge in [0.2, 0.25) is 0 Å². The maximum Gasteiger partial charge on any atom is 0.175 e. The van der Waals surface area contributed by atoms with Crippen LogP contribution < -0.4 is 0 Å². The number of aromatic amines is 2. The zero-order chi connectivity index (χ0) is 19.0. The highest BCUT2D eigenvalue weighted by atomic mass is 15.3. The van der Waals surface area contributed by atoms with Crippen LogP contribution in [0.1, 0.15) is 72.7 Å². The minimum atomic E-state index is 0.262. The van der Waals surface area contributed by atoms with Crippen molar-refractivity contribution in [2.45, 2.75) is 51.9 Å². The van der Waals surface area contributed by atoms with Gasteiger partial charge in [0, 0.05) is 37.3 Å². The van der Waals surface area contributed by atoms with Gasteiger partial charge in [-0.25, -0.2) is 19.6 Å². The van der Waals surface area contributed by atoms with Gasteiger partial charge in [0.1, 0.15) is 18.0 Å². The topological polar surface area (TPSA) is 93.0 Å². The highest BCUT2D eigenvalue weighted by molar-refractivity contribution is 5.43. The molecule has 1 atom stereocenters. The number of hydrogen-bond acceptors (Lipinski definition) is 4. The van der Waals surface area contributed by atoms with Crippen molar-refractivity contribution in [2.75, 3.05) is 0 Å². The first-order valence-electron chi connectivity index (χ1n) is 9.84. The van der Waals surface area contributed by atoms with Crippen LogP contribution >= 0.6 is 0 Å². The lowest BCUT2D eigenvalue weighted by molar-refractivity contribution is 0.679. The van der Waals surface area contributed by atoms with Crippen molar-refractivity contribution in [1.82, 2.24) is 39.3 Å². The van der Waals surface area contributed by atoms with E-state index in [1.807, 2.05) is 17.2 Å². The van der Waals surface area contributed by atoms with Crippen molar-refractivity contribution in [3.05, 3.63) is 58.7 Å². The van der Waals surface area contributed by atoms with Crippen LogP contribution in [0.3, 0.4) is 0 Å². The standard InChI is InChI=1S/C20H22N8/c1-10(2)17-22-16-6-13-5-12(26-28(13)20(16)24-17)4-11(3)18-23-15-7-14-8-21-9-27(14)19(15)25-18/h5,8-11H,4,6-7H2,1-3H3,(H,22,24)(H,23,25). The number of rotatable bonds is 4. The second kappa shape index (κ2) is 5.43. The lowest BCUT2D eigenvalue weighted by Crippen LogP contribution is -2.04. The molecule has 0 bridgehead atoms. The summed E-state index contributed by atoms with van der Waals surface area (Å²) >= 11 is 0. The Labute approximate surface area is 162 Å². The molecule has 2 N–H and O–H groups in total. The molecule has 0 aromatic carbocycles. The van der Waals surface area contributed by atoms with E-state index in [1.165, 1.54) is 22.8 Å². The van der Waals surface area contributed by atoms with E-state index < -0.39 is 0 Å². The van der Waals surface area contributed by atoms with Gasteiger partial charge < -0.3 is 9.97 Å². The summed E-state index contributed by atoms with van der Waals surface area (Å²) in [5, 5.41) is 4.84. The van der Waals surface area contributed by atoms with Crippen LogP contribution in [0.15, 0.2) is 18.6 Å². The molecule has 4 aromatic rings. The van der Waals surface area contributed by atoms with Crippen LogP contribution in [0.25, 0.3) is 11.6 Å². The van der Waals surface area contributed by atoms with Crippen LogP contribution in [0.5, 0.6) is 0 Å². The molecule has 0 aliphatic carbocycles. The van der Waals surface area contributed by atoms with Crippen LogP contribution in [-0.2, 0) is 19.3 Å². The molecule has 2 aliphatic rings. The first-order chi connectivity index (χ1) is 13.6. The first-order valence-corrected chi connectivity index (χ1v) is 9.84. The maximum absolute atomic E-state index is 4.84. The Morgan fingerprint density at radius 3 is 2.61 bits per heavy atom. The fraction of sp³-hybridized carbons (Fsp3) is 0.400. The summed E-state index contributed by atoms with van der Waals surface area (Å²) in [6.07, 6.45) is 6.32. The number of nitrogens with one attached hydrogen (secondary N) is 2. The summed E-state index contributed by atoms with van der Waals surface area (Å²) in [5.41, 5.74) is 5.82. The van der Waals surface area contributed by atoms with Crippen LogP contribution in [0, 0.1) is 0 Å². The normalized spacial score (nSPS) is 15.0. The SMILES string of the molecule is CC(C)c1nc2c([nH]1)Cc1cc(CC(C)c3nc4c([nH]3)Cc3cncn3-4)nn1-2. The second-order valence-corrected chi connectivity index (χ2v) is 8.26. The van der Waals surface area contributed by atoms with Crippen LogP contribution in [0.4, 0.5) is 0 Å². The Hall–Kier alpha value is -3.16. The maximum atomic E-state index is 4.84. The average Bonchev–Trinajstić information content (AvgIpc) is 3.40. The second-order valence-electron chi connectivity index (χ2n) is 8.26. The Morgan fingerprint density at radius 1 is 1.00 bits per heavy atom. The number of fused-ring (bicyclic) bond motifs is 6.